The predicted octanol–water partition coefficient (Wildman–Crippen LogP) is 4.19. The van der Waals surface area contributed by atoms with Gasteiger partial charge >= 0.3 is 0 Å². The van der Waals surface area contributed by atoms with Crippen molar-refractivity contribution in [2.75, 3.05) is 6.61 Å². The van der Waals surface area contributed by atoms with Gasteiger partial charge in [0.1, 0.15) is 5.75 Å². The molecule has 0 bridgehead atoms. The van der Waals surface area contributed by atoms with Crippen LogP contribution in [-0.2, 0) is 4.79 Å². The van der Waals surface area contributed by atoms with E-state index in [2.05, 4.69) is 5.32 Å². The molecule has 126 valence electrons. The normalized spacial score (nSPS) is 11.6. The number of hydrogen-bond donors (Lipinski definition) is 1. The highest BCUT2D eigenvalue weighted by atomic mass is 35.5. The fraction of sp³-hybridized carbons (Fsp3) is 0.263. The van der Waals surface area contributed by atoms with E-state index in [1.165, 1.54) is 0 Å². The Morgan fingerprint density at radius 3 is 2.42 bits per heavy atom. The van der Waals surface area contributed by atoms with Gasteiger partial charge in [-0.1, -0.05) is 36.7 Å². The maximum Gasteiger partial charge on any atom is 0.258 e. The molecule has 1 N–H and O–H groups in total. The highest BCUT2D eigenvalue weighted by molar-refractivity contribution is 6.31. The van der Waals surface area contributed by atoms with E-state index in [4.69, 9.17) is 16.3 Å². The molecule has 0 aliphatic carbocycles. The van der Waals surface area contributed by atoms with Crippen molar-refractivity contribution in [2.24, 2.45) is 0 Å². The predicted molar refractivity (Wildman–Crippen MR) is 94.6 cm³/mol. The van der Waals surface area contributed by atoms with Crippen LogP contribution in [0.1, 0.15) is 42.2 Å². The third kappa shape index (κ3) is 4.83. The zero-order valence-electron chi connectivity index (χ0n) is 13.7. The number of ketones is 1. The lowest BCUT2D eigenvalue weighted by Crippen LogP contribution is -2.31. The van der Waals surface area contributed by atoms with Crippen LogP contribution in [0, 0.1) is 0 Å². The molecule has 0 heterocycles. The summed E-state index contributed by atoms with van der Waals surface area (Å²) in [5.41, 5.74) is 1.50. The average molecular weight is 346 g/mol. The van der Waals surface area contributed by atoms with E-state index in [9.17, 15) is 9.59 Å². The van der Waals surface area contributed by atoms with Gasteiger partial charge in [0, 0.05) is 17.0 Å². The minimum absolute atomic E-state index is 0.0767. The summed E-state index contributed by atoms with van der Waals surface area (Å²) in [6.45, 7) is 3.58. The van der Waals surface area contributed by atoms with Gasteiger partial charge in [-0.2, -0.15) is 0 Å². The molecule has 2 aromatic rings. The summed E-state index contributed by atoms with van der Waals surface area (Å²) in [6.07, 6.45) is 0.461. The number of carbonyl (C=O) groups is 2. The van der Waals surface area contributed by atoms with E-state index in [1.807, 2.05) is 32.0 Å². The van der Waals surface area contributed by atoms with E-state index in [1.54, 1.807) is 30.3 Å². The van der Waals surface area contributed by atoms with E-state index < -0.39 is 0 Å². The number of Topliss-reactive ketones (excluding diaryl/α,β-unsaturated/α-hetero) is 1. The van der Waals surface area contributed by atoms with Gasteiger partial charge in [0.25, 0.3) is 5.91 Å². The van der Waals surface area contributed by atoms with Crippen molar-refractivity contribution < 1.29 is 14.3 Å². The van der Waals surface area contributed by atoms with Crippen LogP contribution in [0.3, 0.4) is 0 Å². The number of nitrogens with one attached hydrogen (secondary N) is 1. The van der Waals surface area contributed by atoms with E-state index in [-0.39, 0.29) is 24.3 Å². The monoisotopic (exact) mass is 345 g/mol. The molecule has 1 amide bonds. The zero-order valence-corrected chi connectivity index (χ0v) is 14.5. The van der Waals surface area contributed by atoms with Crippen LogP contribution in [0.4, 0.5) is 0 Å². The first-order valence-corrected chi connectivity index (χ1v) is 8.19. The van der Waals surface area contributed by atoms with Crippen molar-refractivity contribution >= 4 is 23.3 Å². The Morgan fingerprint density at radius 1 is 1.12 bits per heavy atom. The molecule has 0 aliphatic rings. The molecule has 1 unspecified atom stereocenters. The van der Waals surface area contributed by atoms with Gasteiger partial charge in [-0.3, -0.25) is 9.59 Å². The van der Waals surface area contributed by atoms with Gasteiger partial charge in [0.2, 0.25) is 0 Å². The van der Waals surface area contributed by atoms with Gasteiger partial charge in [-0.15, -0.1) is 0 Å². The molecule has 2 aromatic carbocycles. The minimum atomic E-state index is -0.240. The van der Waals surface area contributed by atoms with E-state index >= 15 is 0 Å². The molecule has 0 saturated heterocycles. The molecule has 5 heteroatoms. The lowest BCUT2D eigenvalue weighted by atomic mass is 10.1. The first-order valence-electron chi connectivity index (χ1n) is 7.81. The van der Waals surface area contributed by atoms with Crippen LogP contribution in [0.5, 0.6) is 5.75 Å². The van der Waals surface area contributed by atoms with Crippen LogP contribution in [-0.4, -0.2) is 18.3 Å². The SMILES string of the molecule is CCC(=O)c1ccc(OCC(=O)NC(C)c2ccccc2Cl)cc1. The Bertz CT molecular complexity index is 713. The quantitative estimate of drug-likeness (QED) is 0.765. The second-order valence-electron chi connectivity index (χ2n) is 5.40. The molecule has 2 rings (SSSR count). The Morgan fingerprint density at radius 2 is 1.79 bits per heavy atom. The maximum atomic E-state index is 12.0. The largest absolute Gasteiger partial charge is 0.484 e. The molecule has 0 aromatic heterocycles. The number of carbonyl (C=O) groups excluding carboxylic acids is 2. The minimum Gasteiger partial charge on any atom is -0.484 e. The summed E-state index contributed by atoms with van der Waals surface area (Å²) in [5.74, 6) is 0.382. The van der Waals surface area contributed by atoms with Crippen molar-refractivity contribution in [1.29, 1.82) is 0 Å². The van der Waals surface area contributed by atoms with Gasteiger partial charge < -0.3 is 10.1 Å². The topological polar surface area (TPSA) is 55.4 Å². The highest BCUT2D eigenvalue weighted by Gasteiger charge is 2.12. The van der Waals surface area contributed by atoms with Crippen molar-refractivity contribution in [3.8, 4) is 5.75 Å². The third-order valence-corrected chi connectivity index (χ3v) is 3.96. The molecular weight excluding hydrogens is 326 g/mol. The molecule has 0 spiro atoms. The maximum absolute atomic E-state index is 12.0. The third-order valence-electron chi connectivity index (χ3n) is 3.62. The van der Waals surface area contributed by atoms with Crippen molar-refractivity contribution in [3.05, 3.63) is 64.7 Å². The highest BCUT2D eigenvalue weighted by Crippen LogP contribution is 2.22. The van der Waals surface area contributed by atoms with Crippen molar-refractivity contribution in [2.45, 2.75) is 26.3 Å². The van der Waals surface area contributed by atoms with Crippen molar-refractivity contribution in [1.82, 2.24) is 5.32 Å². The number of benzene rings is 2. The van der Waals surface area contributed by atoms with Crippen LogP contribution in [0.2, 0.25) is 5.02 Å². The smallest absolute Gasteiger partial charge is 0.258 e. The number of hydrogen-bond acceptors (Lipinski definition) is 3. The molecule has 0 saturated carbocycles. The second-order valence-corrected chi connectivity index (χ2v) is 5.81. The fourth-order valence-electron chi connectivity index (χ4n) is 2.28. The standard InChI is InChI=1S/C19H20ClNO3/c1-3-18(22)14-8-10-15(11-9-14)24-12-19(23)21-13(2)16-6-4-5-7-17(16)20/h4-11,13H,3,12H2,1-2H3,(H,21,23). The Kier molecular flexibility index (Phi) is 6.38. The zero-order chi connectivity index (χ0) is 17.5. The van der Waals surface area contributed by atoms with Gasteiger partial charge in [-0.25, -0.2) is 0 Å². The Labute approximate surface area is 146 Å². The average Bonchev–Trinajstić information content (AvgIpc) is 2.60. The van der Waals surface area contributed by atoms with Gasteiger partial charge in [0.15, 0.2) is 12.4 Å². The van der Waals surface area contributed by atoms with E-state index in [0.29, 0.717) is 22.8 Å². The summed E-state index contributed by atoms with van der Waals surface area (Å²) < 4.78 is 5.45. The van der Waals surface area contributed by atoms with Gasteiger partial charge in [-0.05, 0) is 42.8 Å². The van der Waals surface area contributed by atoms with Crippen molar-refractivity contribution in [3.63, 3.8) is 0 Å². The molecule has 0 fully saturated rings. The van der Waals surface area contributed by atoms with Crippen LogP contribution in [0.15, 0.2) is 48.5 Å². The van der Waals surface area contributed by atoms with Crippen LogP contribution < -0.4 is 10.1 Å². The second kappa shape index (κ2) is 8.50. The first-order chi connectivity index (χ1) is 11.5. The summed E-state index contributed by atoms with van der Waals surface area (Å²) in [4.78, 5) is 23.6. The summed E-state index contributed by atoms with van der Waals surface area (Å²) in [5, 5.41) is 3.46. The lowest BCUT2D eigenvalue weighted by Gasteiger charge is -2.16. The molecule has 0 aliphatic heterocycles. The molecular formula is C19H20ClNO3. The fourth-order valence-corrected chi connectivity index (χ4v) is 2.58. The van der Waals surface area contributed by atoms with Crippen LogP contribution >= 0.6 is 11.6 Å². The number of amides is 1. The summed E-state index contributed by atoms with van der Waals surface area (Å²) in [7, 11) is 0. The first kappa shape index (κ1) is 18.0. The van der Waals surface area contributed by atoms with Crippen LogP contribution in [0.25, 0.3) is 0 Å². The van der Waals surface area contributed by atoms with E-state index in [0.717, 1.165) is 5.56 Å². The van der Waals surface area contributed by atoms with Gasteiger partial charge in [0.05, 0.1) is 6.04 Å². The number of ether oxygens (including phenoxy) is 1. The summed E-state index contributed by atoms with van der Waals surface area (Å²) >= 11 is 6.12. The summed E-state index contributed by atoms with van der Waals surface area (Å²) in [6, 6.07) is 13.9. The molecule has 4 nitrogen and oxygen atoms in total. The molecule has 1 atom stereocenters. The number of rotatable bonds is 7. The lowest BCUT2D eigenvalue weighted by molar-refractivity contribution is -0.123. The molecule has 24 heavy (non-hydrogen) atoms. The number of halogens is 1. The molecule has 0 radical (unpaired) electrons. The Balaban J connectivity index is 1.87. The Hall–Kier alpha value is -2.33.